The topological polar surface area (TPSA) is 66.0 Å². The standard InChI is InChI=1S/C18H28N4O2.HI/c1-19-18(20-11-10-16-5-4-12-24-16)21-13-14-6-8-15(9-7-14)17(23)22(2)3;/h6-9,16H,4-5,10-13H2,1-3H3,(H2,19,20,21);1H. The second kappa shape index (κ2) is 11.3. The van der Waals surface area contributed by atoms with Crippen LogP contribution in [0.25, 0.3) is 0 Å². The van der Waals surface area contributed by atoms with Gasteiger partial charge in [0.1, 0.15) is 0 Å². The lowest BCUT2D eigenvalue weighted by Gasteiger charge is -2.14. The molecule has 2 rings (SSSR count). The fraction of sp³-hybridized carbons (Fsp3) is 0.556. The van der Waals surface area contributed by atoms with Gasteiger partial charge in [-0.2, -0.15) is 0 Å². The van der Waals surface area contributed by atoms with E-state index in [-0.39, 0.29) is 29.9 Å². The van der Waals surface area contributed by atoms with Gasteiger partial charge in [0.05, 0.1) is 6.10 Å². The zero-order valence-corrected chi connectivity index (χ0v) is 17.6. The summed E-state index contributed by atoms with van der Waals surface area (Å²) in [6.07, 6.45) is 3.72. The number of ether oxygens (including phenoxy) is 1. The number of rotatable bonds is 6. The van der Waals surface area contributed by atoms with Crippen LogP contribution in [0.5, 0.6) is 0 Å². The van der Waals surface area contributed by atoms with E-state index in [1.807, 2.05) is 24.3 Å². The molecular weight excluding hydrogens is 431 g/mol. The van der Waals surface area contributed by atoms with Crippen LogP contribution in [0.2, 0.25) is 0 Å². The normalized spacial score (nSPS) is 16.9. The lowest BCUT2D eigenvalue weighted by Crippen LogP contribution is -2.38. The first kappa shape index (κ1) is 21.7. The first-order valence-corrected chi connectivity index (χ1v) is 8.47. The lowest BCUT2D eigenvalue weighted by molar-refractivity contribution is 0.0827. The van der Waals surface area contributed by atoms with Gasteiger partial charge >= 0.3 is 0 Å². The Morgan fingerprint density at radius 3 is 2.56 bits per heavy atom. The highest BCUT2D eigenvalue weighted by molar-refractivity contribution is 14.0. The van der Waals surface area contributed by atoms with Crippen molar-refractivity contribution in [2.45, 2.75) is 31.9 Å². The van der Waals surface area contributed by atoms with E-state index in [9.17, 15) is 4.79 Å². The highest BCUT2D eigenvalue weighted by atomic mass is 127. The molecule has 1 unspecified atom stereocenters. The molecule has 140 valence electrons. The van der Waals surface area contributed by atoms with Crippen molar-refractivity contribution in [2.24, 2.45) is 4.99 Å². The molecule has 1 aromatic carbocycles. The maximum atomic E-state index is 11.9. The molecule has 1 aromatic rings. The summed E-state index contributed by atoms with van der Waals surface area (Å²) in [5, 5.41) is 6.59. The molecule has 0 spiro atoms. The number of amides is 1. The number of hydrogen-bond donors (Lipinski definition) is 2. The van der Waals surface area contributed by atoms with Gasteiger partial charge in [-0.15, -0.1) is 24.0 Å². The number of halogens is 1. The Hall–Kier alpha value is -1.35. The molecule has 1 aliphatic heterocycles. The van der Waals surface area contributed by atoms with E-state index in [1.165, 1.54) is 6.42 Å². The molecule has 0 aromatic heterocycles. The van der Waals surface area contributed by atoms with E-state index in [4.69, 9.17) is 4.74 Å². The predicted molar refractivity (Wildman–Crippen MR) is 112 cm³/mol. The van der Waals surface area contributed by atoms with Gasteiger partial charge in [-0.05, 0) is 37.0 Å². The molecule has 1 saturated heterocycles. The van der Waals surface area contributed by atoms with Crippen LogP contribution in [0.1, 0.15) is 35.2 Å². The van der Waals surface area contributed by atoms with Gasteiger partial charge in [0.25, 0.3) is 5.91 Å². The highest BCUT2D eigenvalue weighted by Gasteiger charge is 2.14. The van der Waals surface area contributed by atoms with Crippen molar-refractivity contribution in [3.63, 3.8) is 0 Å². The van der Waals surface area contributed by atoms with Gasteiger partial charge < -0.3 is 20.3 Å². The summed E-state index contributed by atoms with van der Waals surface area (Å²) in [6, 6.07) is 7.63. The minimum atomic E-state index is 0. The van der Waals surface area contributed by atoms with Crippen LogP contribution in [0.3, 0.4) is 0 Å². The largest absolute Gasteiger partial charge is 0.378 e. The van der Waals surface area contributed by atoms with Crippen LogP contribution in [0.15, 0.2) is 29.3 Å². The van der Waals surface area contributed by atoms with Crippen molar-refractivity contribution in [1.29, 1.82) is 0 Å². The van der Waals surface area contributed by atoms with Crippen LogP contribution in [0, 0.1) is 0 Å². The van der Waals surface area contributed by atoms with E-state index in [0.29, 0.717) is 18.2 Å². The van der Waals surface area contributed by atoms with E-state index < -0.39 is 0 Å². The number of aliphatic imine (C=N–C) groups is 1. The lowest BCUT2D eigenvalue weighted by atomic mass is 10.1. The van der Waals surface area contributed by atoms with Gasteiger partial charge in [-0.1, -0.05) is 12.1 Å². The first-order valence-electron chi connectivity index (χ1n) is 8.47. The number of guanidine groups is 1. The predicted octanol–water partition coefficient (Wildman–Crippen LogP) is 2.24. The summed E-state index contributed by atoms with van der Waals surface area (Å²) in [7, 11) is 5.27. The third-order valence-corrected chi connectivity index (χ3v) is 4.07. The van der Waals surface area contributed by atoms with Gasteiger partial charge in [0.15, 0.2) is 5.96 Å². The number of carbonyl (C=O) groups excluding carboxylic acids is 1. The Morgan fingerprint density at radius 2 is 2.00 bits per heavy atom. The molecule has 1 amide bonds. The van der Waals surface area contributed by atoms with E-state index in [2.05, 4.69) is 15.6 Å². The van der Waals surface area contributed by atoms with Crippen molar-refractivity contribution in [3.8, 4) is 0 Å². The molecule has 0 bridgehead atoms. The van der Waals surface area contributed by atoms with Gasteiger partial charge in [-0.3, -0.25) is 9.79 Å². The molecule has 0 saturated carbocycles. The van der Waals surface area contributed by atoms with Gasteiger partial charge in [0.2, 0.25) is 0 Å². The highest BCUT2D eigenvalue weighted by Crippen LogP contribution is 2.14. The van der Waals surface area contributed by atoms with Crippen LogP contribution in [-0.2, 0) is 11.3 Å². The third kappa shape index (κ3) is 7.19. The molecule has 6 nitrogen and oxygen atoms in total. The van der Waals surface area contributed by atoms with Crippen molar-refractivity contribution in [2.75, 3.05) is 34.3 Å². The summed E-state index contributed by atoms with van der Waals surface area (Å²) in [5.41, 5.74) is 1.80. The van der Waals surface area contributed by atoms with Crippen LogP contribution < -0.4 is 10.6 Å². The van der Waals surface area contributed by atoms with Crippen LogP contribution >= 0.6 is 24.0 Å². The first-order chi connectivity index (χ1) is 11.6. The number of hydrogen-bond acceptors (Lipinski definition) is 3. The Kier molecular flexibility index (Phi) is 9.81. The molecule has 1 heterocycles. The number of carbonyl (C=O) groups is 1. The summed E-state index contributed by atoms with van der Waals surface area (Å²) < 4.78 is 5.61. The Morgan fingerprint density at radius 1 is 1.28 bits per heavy atom. The second-order valence-corrected chi connectivity index (χ2v) is 6.17. The SMILES string of the molecule is CN=C(NCCC1CCCO1)NCc1ccc(C(=O)N(C)C)cc1.I. The minimum Gasteiger partial charge on any atom is -0.378 e. The molecule has 2 N–H and O–H groups in total. The van der Waals surface area contributed by atoms with E-state index in [1.54, 1.807) is 26.0 Å². The van der Waals surface area contributed by atoms with Gasteiger partial charge in [-0.25, -0.2) is 0 Å². The minimum absolute atomic E-state index is 0. The molecule has 0 radical (unpaired) electrons. The van der Waals surface area contributed by atoms with E-state index >= 15 is 0 Å². The van der Waals surface area contributed by atoms with Crippen molar-refractivity contribution >= 4 is 35.8 Å². The van der Waals surface area contributed by atoms with Crippen molar-refractivity contribution in [3.05, 3.63) is 35.4 Å². The summed E-state index contributed by atoms with van der Waals surface area (Å²) in [5.74, 6) is 0.794. The molecule has 1 aliphatic rings. The number of nitrogens with one attached hydrogen (secondary N) is 2. The molecule has 1 atom stereocenters. The zero-order chi connectivity index (χ0) is 17.4. The molecule has 0 aliphatic carbocycles. The summed E-state index contributed by atoms with van der Waals surface area (Å²) in [4.78, 5) is 17.7. The van der Waals surface area contributed by atoms with Crippen molar-refractivity contribution < 1.29 is 9.53 Å². The van der Waals surface area contributed by atoms with Gasteiger partial charge in [0, 0.05) is 46.4 Å². The summed E-state index contributed by atoms with van der Waals surface area (Å²) >= 11 is 0. The second-order valence-electron chi connectivity index (χ2n) is 6.17. The maximum absolute atomic E-state index is 11.9. The molecule has 1 fully saturated rings. The molecule has 7 heteroatoms. The Labute approximate surface area is 167 Å². The quantitative estimate of drug-likeness (QED) is 0.389. The van der Waals surface area contributed by atoms with Crippen molar-refractivity contribution in [1.82, 2.24) is 15.5 Å². The fourth-order valence-electron chi connectivity index (χ4n) is 2.65. The molecule has 25 heavy (non-hydrogen) atoms. The zero-order valence-electron chi connectivity index (χ0n) is 15.2. The Bertz CT molecular complexity index is 555. The van der Waals surface area contributed by atoms with Crippen LogP contribution in [0.4, 0.5) is 0 Å². The fourth-order valence-corrected chi connectivity index (χ4v) is 2.65. The average molecular weight is 460 g/mol. The third-order valence-electron chi connectivity index (χ3n) is 4.07. The average Bonchev–Trinajstić information content (AvgIpc) is 3.11. The monoisotopic (exact) mass is 460 g/mol. The smallest absolute Gasteiger partial charge is 0.253 e. The number of nitrogens with zero attached hydrogens (tertiary/aromatic N) is 2. The molecular formula is C18H29IN4O2. The maximum Gasteiger partial charge on any atom is 0.253 e. The van der Waals surface area contributed by atoms with E-state index in [0.717, 1.165) is 37.5 Å². The summed E-state index contributed by atoms with van der Waals surface area (Å²) in [6.45, 7) is 2.40. The number of benzene rings is 1. The Balaban J connectivity index is 0.00000312. The van der Waals surface area contributed by atoms with Crippen LogP contribution in [-0.4, -0.2) is 57.2 Å².